The van der Waals surface area contributed by atoms with Crippen molar-refractivity contribution in [2.75, 3.05) is 38.2 Å². The van der Waals surface area contributed by atoms with Crippen LogP contribution in [0.2, 0.25) is 0 Å². The van der Waals surface area contributed by atoms with E-state index < -0.39 is 5.54 Å². The lowest BCUT2D eigenvalue weighted by molar-refractivity contribution is 0.244. The molecule has 0 spiro atoms. The van der Waals surface area contributed by atoms with Crippen LogP contribution in [0.3, 0.4) is 0 Å². The first-order valence-electron chi connectivity index (χ1n) is 16.9. The zero-order chi connectivity index (χ0) is 33.0. The van der Waals surface area contributed by atoms with Crippen molar-refractivity contribution in [2.45, 2.75) is 18.5 Å². The van der Waals surface area contributed by atoms with Gasteiger partial charge in [0.2, 0.25) is 5.88 Å². The summed E-state index contributed by atoms with van der Waals surface area (Å²) in [5.74, 6) is 1.84. The van der Waals surface area contributed by atoms with Gasteiger partial charge in [0.05, 0.1) is 18.8 Å². The Labute approximate surface area is 287 Å². The molecule has 8 rings (SSSR count). The SMILES string of the molecule is COc1ncccc1CN1CCN(c2ncnc3ccc(-c4cnn(C(c5ccccc5)(c5ccccc5)C5C=CC=CC5)c4)cc23)CC1. The molecule has 2 aliphatic rings. The second kappa shape index (κ2) is 13.5. The van der Waals surface area contributed by atoms with Crippen LogP contribution in [-0.2, 0) is 12.1 Å². The highest BCUT2D eigenvalue weighted by Crippen LogP contribution is 2.44. The van der Waals surface area contributed by atoms with Crippen molar-refractivity contribution < 1.29 is 4.74 Å². The minimum atomic E-state index is -0.535. The maximum Gasteiger partial charge on any atom is 0.217 e. The zero-order valence-corrected chi connectivity index (χ0v) is 27.6. The Bertz CT molecular complexity index is 2060. The maximum atomic E-state index is 5.49. The van der Waals surface area contributed by atoms with Gasteiger partial charge in [-0.2, -0.15) is 5.10 Å². The number of nitrogens with zero attached hydrogens (tertiary/aromatic N) is 7. The summed E-state index contributed by atoms with van der Waals surface area (Å²) in [5, 5.41) is 6.19. The lowest BCUT2D eigenvalue weighted by Gasteiger charge is -2.41. The number of fused-ring (bicyclic) bond motifs is 1. The van der Waals surface area contributed by atoms with Gasteiger partial charge in [0.15, 0.2) is 0 Å². The van der Waals surface area contributed by atoms with Crippen molar-refractivity contribution in [3.63, 3.8) is 0 Å². The van der Waals surface area contributed by atoms with Gasteiger partial charge in [0, 0.05) is 67.5 Å². The number of ether oxygens (including phenoxy) is 1. The maximum absolute atomic E-state index is 5.49. The fraction of sp³-hybridized carbons (Fsp3) is 0.220. The van der Waals surface area contributed by atoms with E-state index in [0.717, 1.165) is 72.6 Å². The van der Waals surface area contributed by atoms with E-state index in [1.165, 1.54) is 11.1 Å². The quantitative estimate of drug-likeness (QED) is 0.166. The summed E-state index contributed by atoms with van der Waals surface area (Å²) in [6, 6.07) is 32.1. The number of aromatic nitrogens is 5. The number of piperazine rings is 1. The summed E-state index contributed by atoms with van der Waals surface area (Å²) in [6.07, 6.45) is 17.5. The summed E-state index contributed by atoms with van der Waals surface area (Å²) >= 11 is 0. The number of pyridine rings is 1. The molecule has 49 heavy (non-hydrogen) atoms. The van der Waals surface area contributed by atoms with Crippen molar-refractivity contribution in [1.29, 1.82) is 0 Å². The number of methoxy groups -OCH3 is 1. The summed E-state index contributed by atoms with van der Waals surface area (Å²) in [7, 11) is 1.68. The molecule has 1 saturated heterocycles. The molecule has 1 aliphatic carbocycles. The molecule has 0 N–H and O–H groups in total. The van der Waals surface area contributed by atoms with Crippen LogP contribution in [0.1, 0.15) is 23.1 Å². The normalized spacial score (nSPS) is 16.7. The fourth-order valence-corrected chi connectivity index (χ4v) is 7.53. The molecule has 1 atom stereocenters. The highest BCUT2D eigenvalue weighted by molar-refractivity contribution is 5.92. The van der Waals surface area contributed by atoms with E-state index >= 15 is 0 Å². The summed E-state index contributed by atoms with van der Waals surface area (Å²) in [5.41, 5.74) is 6.06. The van der Waals surface area contributed by atoms with Crippen LogP contribution < -0.4 is 9.64 Å². The Kier molecular flexibility index (Phi) is 8.46. The zero-order valence-electron chi connectivity index (χ0n) is 27.6. The van der Waals surface area contributed by atoms with Gasteiger partial charge in [0.25, 0.3) is 0 Å². The van der Waals surface area contributed by atoms with Crippen LogP contribution in [0.4, 0.5) is 5.82 Å². The van der Waals surface area contributed by atoms with Gasteiger partial charge in [-0.15, -0.1) is 0 Å². The van der Waals surface area contributed by atoms with Crippen molar-refractivity contribution >= 4 is 16.7 Å². The molecule has 0 bridgehead atoms. The van der Waals surface area contributed by atoms with Gasteiger partial charge >= 0.3 is 0 Å². The minimum Gasteiger partial charge on any atom is -0.481 e. The van der Waals surface area contributed by atoms with E-state index in [1.807, 2.05) is 12.3 Å². The highest BCUT2D eigenvalue weighted by Gasteiger charge is 2.43. The molecule has 6 aromatic rings. The molecule has 3 aromatic carbocycles. The molecule has 4 heterocycles. The monoisotopic (exact) mass is 645 g/mol. The molecule has 8 heteroatoms. The summed E-state index contributed by atoms with van der Waals surface area (Å²) < 4.78 is 7.68. The topological polar surface area (TPSA) is 72.2 Å². The van der Waals surface area contributed by atoms with Crippen LogP contribution in [0.25, 0.3) is 22.0 Å². The number of benzene rings is 3. The van der Waals surface area contributed by atoms with E-state index in [0.29, 0.717) is 5.88 Å². The van der Waals surface area contributed by atoms with Crippen molar-refractivity contribution in [1.82, 2.24) is 29.6 Å². The average Bonchev–Trinajstić information content (AvgIpc) is 3.67. The number of hydrogen-bond acceptors (Lipinski definition) is 7. The van der Waals surface area contributed by atoms with Crippen LogP contribution in [0, 0.1) is 5.92 Å². The number of anilines is 1. The van der Waals surface area contributed by atoms with Crippen molar-refractivity contribution in [3.05, 3.63) is 157 Å². The average molecular weight is 646 g/mol. The van der Waals surface area contributed by atoms with Gasteiger partial charge in [-0.3, -0.25) is 9.58 Å². The fourth-order valence-electron chi connectivity index (χ4n) is 7.53. The molecule has 1 aliphatic heterocycles. The Balaban J connectivity index is 1.13. The Morgan fingerprint density at radius 2 is 1.57 bits per heavy atom. The van der Waals surface area contributed by atoms with Crippen molar-refractivity contribution in [3.8, 4) is 17.0 Å². The lowest BCUT2D eigenvalue weighted by Crippen LogP contribution is -2.46. The van der Waals surface area contributed by atoms with Gasteiger partial charge < -0.3 is 9.64 Å². The molecule has 244 valence electrons. The molecule has 0 saturated carbocycles. The predicted octanol–water partition coefficient (Wildman–Crippen LogP) is 7.14. The third-order valence-corrected chi connectivity index (χ3v) is 9.95. The molecule has 1 fully saturated rings. The molecule has 8 nitrogen and oxygen atoms in total. The predicted molar refractivity (Wildman–Crippen MR) is 194 cm³/mol. The van der Waals surface area contributed by atoms with Crippen molar-refractivity contribution in [2.24, 2.45) is 5.92 Å². The van der Waals surface area contributed by atoms with E-state index in [4.69, 9.17) is 14.8 Å². The van der Waals surface area contributed by atoms with Crippen LogP contribution in [0.15, 0.2) is 140 Å². The Hall–Kier alpha value is -5.60. The van der Waals surface area contributed by atoms with Crippen LogP contribution in [0.5, 0.6) is 5.88 Å². The highest BCUT2D eigenvalue weighted by atomic mass is 16.5. The smallest absolute Gasteiger partial charge is 0.217 e. The number of allylic oxidation sites excluding steroid dienone is 4. The van der Waals surface area contributed by atoms with E-state index in [9.17, 15) is 0 Å². The Morgan fingerprint density at radius 3 is 2.29 bits per heavy atom. The van der Waals surface area contributed by atoms with E-state index in [2.05, 4.69) is 140 Å². The third-order valence-electron chi connectivity index (χ3n) is 9.95. The number of hydrogen-bond donors (Lipinski definition) is 0. The minimum absolute atomic E-state index is 0.171. The molecular weight excluding hydrogens is 606 g/mol. The van der Waals surface area contributed by atoms with E-state index in [1.54, 1.807) is 19.6 Å². The summed E-state index contributed by atoms with van der Waals surface area (Å²) in [6.45, 7) is 4.39. The largest absolute Gasteiger partial charge is 0.481 e. The molecule has 0 amide bonds. The van der Waals surface area contributed by atoms with Crippen LogP contribution >= 0.6 is 0 Å². The lowest BCUT2D eigenvalue weighted by atomic mass is 9.70. The van der Waals surface area contributed by atoms with Gasteiger partial charge in [-0.25, -0.2) is 15.0 Å². The third kappa shape index (κ3) is 5.78. The molecule has 3 aromatic heterocycles. The Morgan fingerprint density at radius 1 is 0.796 bits per heavy atom. The number of rotatable bonds is 9. The van der Waals surface area contributed by atoms with Gasteiger partial charge in [0.1, 0.15) is 17.7 Å². The first-order valence-corrected chi connectivity index (χ1v) is 16.9. The van der Waals surface area contributed by atoms with Crippen LogP contribution in [-0.4, -0.2) is 62.9 Å². The summed E-state index contributed by atoms with van der Waals surface area (Å²) in [4.78, 5) is 18.7. The standard InChI is InChI=1S/C41H39N7O/c1-49-40-32(12-11-21-42-40)28-46-22-24-47(25-23-46)39-37-26-31(19-20-38(37)43-30-44-39)33-27-45-48(29-33)41(34-13-5-2-6-14-34,35-15-7-3-8-16-35)36-17-9-4-10-18-36/h2-17,19-21,26-27,29-30,36H,18,22-25,28H2,1H3. The van der Waals surface area contributed by atoms with Gasteiger partial charge in [-0.05, 0) is 41.3 Å². The van der Waals surface area contributed by atoms with E-state index in [-0.39, 0.29) is 5.92 Å². The molecule has 1 unspecified atom stereocenters. The first kappa shape index (κ1) is 30.7. The first-order chi connectivity index (χ1) is 24.2. The molecular formula is C41H39N7O. The van der Waals surface area contributed by atoms with Gasteiger partial charge in [-0.1, -0.05) is 97.1 Å². The molecule has 0 radical (unpaired) electrons. The second-order valence-corrected chi connectivity index (χ2v) is 12.7. The second-order valence-electron chi connectivity index (χ2n) is 12.7.